The predicted octanol–water partition coefficient (Wildman–Crippen LogP) is 2.00. The Balaban J connectivity index is 2.51. The van der Waals surface area contributed by atoms with Crippen LogP contribution >= 0.6 is 0 Å². The molecule has 0 aromatic carbocycles. The molecule has 0 aliphatic rings. The quantitative estimate of drug-likeness (QED) is 0.792. The van der Waals surface area contributed by atoms with Crippen molar-refractivity contribution in [1.82, 2.24) is 10.3 Å². The lowest BCUT2D eigenvalue weighted by atomic mass is 10.2. The number of hydrogen-bond donors (Lipinski definition) is 1. The molecule has 0 unspecified atom stereocenters. The molecule has 0 aliphatic heterocycles. The van der Waals surface area contributed by atoms with Crippen LogP contribution in [-0.2, 0) is 0 Å². The van der Waals surface area contributed by atoms with Crippen molar-refractivity contribution in [1.29, 1.82) is 0 Å². The fraction of sp³-hybridized carbons (Fsp3) is 0.455. The molecule has 0 fully saturated rings. The van der Waals surface area contributed by atoms with Crippen LogP contribution < -0.4 is 5.32 Å². The zero-order valence-electron chi connectivity index (χ0n) is 8.66. The third kappa shape index (κ3) is 3.17. The van der Waals surface area contributed by atoms with Crippen LogP contribution in [0.25, 0.3) is 0 Å². The Bertz CT molecular complexity index is 285. The summed E-state index contributed by atoms with van der Waals surface area (Å²) in [6, 6.07) is 3.76. The molecule has 0 bridgehead atoms. The molecular weight excluding hydrogens is 176 g/mol. The molecule has 1 aromatic rings. The summed E-state index contributed by atoms with van der Waals surface area (Å²) in [5.74, 6) is -0.0425. The van der Waals surface area contributed by atoms with Crippen LogP contribution in [0, 0.1) is 0 Å². The molecular formula is C11H16N2O. The molecule has 1 aromatic heterocycles. The molecule has 1 N–H and O–H groups in total. The van der Waals surface area contributed by atoms with Crippen LogP contribution in [0.4, 0.5) is 0 Å². The predicted molar refractivity (Wildman–Crippen MR) is 56.1 cm³/mol. The van der Waals surface area contributed by atoms with Gasteiger partial charge in [-0.25, -0.2) is 0 Å². The molecule has 76 valence electrons. The first-order valence-corrected chi connectivity index (χ1v) is 4.95. The van der Waals surface area contributed by atoms with Crippen LogP contribution in [-0.4, -0.2) is 16.9 Å². The lowest BCUT2D eigenvalue weighted by molar-refractivity contribution is 0.0938. The zero-order chi connectivity index (χ0) is 10.4. The van der Waals surface area contributed by atoms with Crippen molar-refractivity contribution in [2.24, 2.45) is 0 Å². The van der Waals surface area contributed by atoms with E-state index in [2.05, 4.69) is 17.2 Å². The highest BCUT2D eigenvalue weighted by Gasteiger charge is 2.07. The molecule has 3 heteroatoms. The fourth-order valence-electron chi connectivity index (χ4n) is 1.31. The molecule has 3 nitrogen and oxygen atoms in total. The van der Waals surface area contributed by atoms with Gasteiger partial charge in [0.1, 0.15) is 0 Å². The molecule has 0 saturated carbocycles. The first-order chi connectivity index (χ1) is 6.74. The summed E-state index contributed by atoms with van der Waals surface area (Å²) in [6.45, 7) is 4.12. The minimum atomic E-state index is -0.0425. The van der Waals surface area contributed by atoms with Crippen molar-refractivity contribution < 1.29 is 4.79 Å². The zero-order valence-corrected chi connectivity index (χ0v) is 8.66. The maximum Gasteiger partial charge on any atom is 0.253 e. The number of carbonyl (C=O) groups excluding carboxylic acids is 1. The fourth-order valence-corrected chi connectivity index (χ4v) is 1.31. The number of carbonyl (C=O) groups is 1. The molecule has 14 heavy (non-hydrogen) atoms. The summed E-state index contributed by atoms with van der Waals surface area (Å²) in [4.78, 5) is 15.5. The number of rotatable bonds is 4. The van der Waals surface area contributed by atoms with Gasteiger partial charge in [0.2, 0.25) is 0 Å². The SMILES string of the molecule is CCC[C@H](C)NC(=O)c1cccnc1. The maximum atomic E-state index is 11.6. The number of amides is 1. The second kappa shape index (κ2) is 5.37. The molecule has 0 aliphatic carbocycles. The summed E-state index contributed by atoms with van der Waals surface area (Å²) in [5.41, 5.74) is 0.621. The van der Waals surface area contributed by atoms with Gasteiger partial charge < -0.3 is 5.32 Å². The number of pyridine rings is 1. The average molecular weight is 192 g/mol. The minimum absolute atomic E-state index is 0.0425. The lowest BCUT2D eigenvalue weighted by Gasteiger charge is -2.12. The largest absolute Gasteiger partial charge is 0.350 e. The van der Waals surface area contributed by atoms with Gasteiger partial charge in [-0.05, 0) is 25.5 Å². The Morgan fingerprint density at radius 3 is 3.00 bits per heavy atom. The van der Waals surface area contributed by atoms with Crippen LogP contribution in [0.3, 0.4) is 0 Å². The van der Waals surface area contributed by atoms with Gasteiger partial charge in [-0.2, -0.15) is 0 Å². The van der Waals surface area contributed by atoms with Crippen LogP contribution in [0.15, 0.2) is 24.5 Å². The summed E-state index contributed by atoms with van der Waals surface area (Å²) in [7, 11) is 0. The molecule has 0 spiro atoms. The Morgan fingerprint density at radius 1 is 1.64 bits per heavy atom. The Morgan fingerprint density at radius 2 is 2.43 bits per heavy atom. The number of hydrogen-bond acceptors (Lipinski definition) is 2. The molecule has 1 amide bonds. The highest BCUT2D eigenvalue weighted by atomic mass is 16.1. The van der Waals surface area contributed by atoms with E-state index in [-0.39, 0.29) is 11.9 Å². The van der Waals surface area contributed by atoms with Gasteiger partial charge in [-0.15, -0.1) is 0 Å². The van der Waals surface area contributed by atoms with Gasteiger partial charge in [-0.1, -0.05) is 13.3 Å². The number of nitrogens with one attached hydrogen (secondary N) is 1. The molecule has 0 saturated heterocycles. The van der Waals surface area contributed by atoms with E-state index in [9.17, 15) is 4.79 Å². The van der Waals surface area contributed by atoms with Gasteiger partial charge >= 0.3 is 0 Å². The minimum Gasteiger partial charge on any atom is -0.350 e. The highest BCUT2D eigenvalue weighted by Crippen LogP contribution is 1.99. The molecule has 1 atom stereocenters. The lowest BCUT2D eigenvalue weighted by Crippen LogP contribution is -2.32. The summed E-state index contributed by atoms with van der Waals surface area (Å²) in [6.07, 6.45) is 5.32. The highest BCUT2D eigenvalue weighted by molar-refractivity contribution is 5.93. The topological polar surface area (TPSA) is 42.0 Å². The Kier molecular flexibility index (Phi) is 4.11. The first kappa shape index (κ1) is 10.7. The summed E-state index contributed by atoms with van der Waals surface area (Å²) >= 11 is 0. The maximum absolute atomic E-state index is 11.6. The second-order valence-corrected chi connectivity index (χ2v) is 3.40. The Labute approximate surface area is 84.6 Å². The smallest absolute Gasteiger partial charge is 0.253 e. The molecule has 0 radical (unpaired) electrons. The van der Waals surface area contributed by atoms with Crippen LogP contribution in [0.1, 0.15) is 37.0 Å². The van der Waals surface area contributed by atoms with Crippen molar-refractivity contribution >= 4 is 5.91 Å². The van der Waals surface area contributed by atoms with E-state index >= 15 is 0 Å². The van der Waals surface area contributed by atoms with Crippen LogP contribution in [0.5, 0.6) is 0 Å². The standard InChI is InChI=1S/C11H16N2O/c1-3-5-9(2)13-11(14)10-6-4-7-12-8-10/h4,6-9H,3,5H2,1-2H3,(H,13,14)/t9-/m0/s1. The van der Waals surface area contributed by atoms with Crippen molar-refractivity contribution in [2.45, 2.75) is 32.7 Å². The van der Waals surface area contributed by atoms with E-state index in [0.29, 0.717) is 5.56 Å². The third-order valence-corrected chi connectivity index (χ3v) is 2.02. The van der Waals surface area contributed by atoms with Gasteiger partial charge in [0, 0.05) is 18.4 Å². The molecule has 1 heterocycles. The van der Waals surface area contributed by atoms with E-state index in [0.717, 1.165) is 12.8 Å². The second-order valence-electron chi connectivity index (χ2n) is 3.40. The van der Waals surface area contributed by atoms with E-state index in [4.69, 9.17) is 0 Å². The van der Waals surface area contributed by atoms with Crippen molar-refractivity contribution in [2.75, 3.05) is 0 Å². The normalized spacial score (nSPS) is 12.1. The van der Waals surface area contributed by atoms with Crippen molar-refractivity contribution in [3.63, 3.8) is 0 Å². The summed E-state index contributed by atoms with van der Waals surface area (Å²) in [5, 5.41) is 2.92. The monoisotopic (exact) mass is 192 g/mol. The van der Waals surface area contributed by atoms with Crippen LogP contribution in [0.2, 0.25) is 0 Å². The molecule has 1 rings (SSSR count). The Hall–Kier alpha value is -1.38. The number of nitrogens with zero attached hydrogens (tertiary/aromatic N) is 1. The van der Waals surface area contributed by atoms with E-state index < -0.39 is 0 Å². The van der Waals surface area contributed by atoms with Crippen molar-refractivity contribution in [3.05, 3.63) is 30.1 Å². The van der Waals surface area contributed by atoms with Gasteiger partial charge in [0.25, 0.3) is 5.91 Å². The average Bonchev–Trinajstić information content (AvgIpc) is 2.19. The van der Waals surface area contributed by atoms with Crippen molar-refractivity contribution in [3.8, 4) is 0 Å². The van der Waals surface area contributed by atoms with Gasteiger partial charge in [0.05, 0.1) is 5.56 Å². The van der Waals surface area contributed by atoms with E-state index in [1.807, 2.05) is 6.92 Å². The first-order valence-electron chi connectivity index (χ1n) is 4.95. The van der Waals surface area contributed by atoms with E-state index in [1.165, 1.54) is 0 Å². The third-order valence-electron chi connectivity index (χ3n) is 2.02. The van der Waals surface area contributed by atoms with E-state index in [1.54, 1.807) is 24.5 Å². The van der Waals surface area contributed by atoms with Gasteiger partial charge in [0.15, 0.2) is 0 Å². The number of aromatic nitrogens is 1. The van der Waals surface area contributed by atoms with Gasteiger partial charge in [-0.3, -0.25) is 9.78 Å². The summed E-state index contributed by atoms with van der Waals surface area (Å²) < 4.78 is 0.